The van der Waals surface area contributed by atoms with Gasteiger partial charge in [-0.1, -0.05) is 65.1 Å². The van der Waals surface area contributed by atoms with E-state index in [1.54, 1.807) is 36.4 Å². The molecule has 33 heavy (non-hydrogen) atoms. The summed E-state index contributed by atoms with van der Waals surface area (Å²) in [6.07, 6.45) is 0. The van der Waals surface area contributed by atoms with Gasteiger partial charge in [0.05, 0.1) is 15.7 Å². The van der Waals surface area contributed by atoms with E-state index in [1.807, 2.05) is 36.4 Å². The van der Waals surface area contributed by atoms with Crippen molar-refractivity contribution in [3.05, 3.63) is 87.9 Å². The number of urea groups is 1. The number of rotatable bonds is 4. The first-order valence-electron chi connectivity index (χ1n) is 9.85. The second-order valence-electron chi connectivity index (χ2n) is 7.16. The number of ether oxygens (including phenoxy) is 1. The molecule has 5 nitrogen and oxygen atoms in total. The molecule has 0 saturated heterocycles. The molecule has 0 radical (unpaired) electrons. The van der Waals surface area contributed by atoms with E-state index >= 15 is 0 Å². The third-order valence-corrected chi connectivity index (χ3v) is 5.76. The fourth-order valence-electron chi connectivity index (χ4n) is 3.42. The van der Waals surface area contributed by atoms with Crippen LogP contribution in [0, 0.1) is 0 Å². The predicted octanol–water partition coefficient (Wildman–Crippen LogP) is 8.04. The second-order valence-corrected chi connectivity index (χ2v) is 8.38. The maximum absolute atomic E-state index is 12.8. The molecule has 166 valence electrons. The van der Waals surface area contributed by atoms with Gasteiger partial charge < -0.3 is 15.4 Å². The highest BCUT2D eigenvalue weighted by atomic mass is 35.5. The van der Waals surface area contributed by atoms with Crippen molar-refractivity contribution in [1.29, 1.82) is 0 Å². The van der Waals surface area contributed by atoms with Crippen LogP contribution in [0.25, 0.3) is 21.9 Å². The van der Waals surface area contributed by atoms with Gasteiger partial charge in [0.15, 0.2) is 0 Å². The van der Waals surface area contributed by atoms with Crippen LogP contribution in [0.1, 0.15) is 6.92 Å². The number of halogens is 3. The zero-order valence-corrected chi connectivity index (χ0v) is 19.6. The molecule has 0 saturated carbocycles. The number of hydrogen-bond acceptors (Lipinski definition) is 3. The zero-order chi connectivity index (χ0) is 23.5. The van der Waals surface area contributed by atoms with Crippen molar-refractivity contribution in [2.24, 2.45) is 0 Å². The average molecular weight is 500 g/mol. The number of nitrogens with one attached hydrogen (secondary N) is 2. The third kappa shape index (κ3) is 5.22. The Morgan fingerprint density at radius 3 is 2.30 bits per heavy atom. The molecule has 2 amide bonds. The monoisotopic (exact) mass is 498 g/mol. The van der Waals surface area contributed by atoms with Crippen LogP contribution < -0.4 is 15.4 Å². The highest BCUT2D eigenvalue weighted by Gasteiger charge is 2.15. The molecule has 0 aliphatic carbocycles. The standard InChI is InChI=1S/C25H17Cl3N2O3/c1-14(31)33-17-9-10-19-20(12-17)24(23(28)13-22(19)27)30-25(32)29-16-6-4-5-15(11-16)18-7-2-3-8-21(18)26/h2-13H,1H3,(H2,29,30,32). The summed E-state index contributed by atoms with van der Waals surface area (Å²) in [7, 11) is 0. The van der Waals surface area contributed by atoms with E-state index in [2.05, 4.69) is 10.6 Å². The van der Waals surface area contributed by atoms with Crippen LogP contribution in [-0.2, 0) is 4.79 Å². The molecule has 2 N–H and O–H groups in total. The first-order chi connectivity index (χ1) is 15.8. The molecule has 4 aromatic rings. The van der Waals surface area contributed by atoms with Gasteiger partial charge in [0.25, 0.3) is 0 Å². The highest BCUT2D eigenvalue weighted by Crippen LogP contribution is 2.38. The van der Waals surface area contributed by atoms with Crippen LogP contribution >= 0.6 is 34.8 Å². The molecule has 4 aromatic carbocycles. The Labute approximate surface area is 205 Å². The number of benzene rings is 4. The van der Waals surface area contributed by atoms with E-state index in [1.165, 1.54) is 6.92 Å². The van der Waals surface area contributed by atoms with Crippen molar-refractivity contribution < 1.29 is 14.3 Å². The molecule has 0 aliphatic rings. The number of fused-ring (bicyclic) bond motifs is 1. The van der Waals surface area contributed by atoms with E-state index in [9.17, 15) is 9.59 Å². The van der Waals surface area contributed by atoms with E-state index in [-0.39, 0.29) is 5.02 Å². The Morgan fingerprint density at radius 1 is 0.758 bits per heavy atom. The van der Waals surface area contributed by atoms with Crippen LogP contribution in [0.3, 0.4) is 0 Å². The Bertz CT molecular complexity index is 1390. The van der Waals surface area contributed by atoms with Crippen LogP contribution in [0.5, 0.6) is 5.75 Å². The van der Waals surface area contributed by atoms with Crippen molar-refractivity contribution >= 4 is 69.0 Å². The van der Waals surface area contributed by atoms with Gasteiger partial charge in [-0.05, 0) is 48.0 Å². The molecule has 0 bridgehead atoms. The third-order valence-electron chi connectivity index (χ3n) is 4.82. The molecule has 0 aliphatic heterocycles. The van der Waals surface area contributed by atoms with E-state index in [0.717, 1.165) is 11.1 Å². The quantitative estimate of drug-likeness (QED) is 0.220. The summed E-state index contributed by atoms with van der Waals surface area (Å²) in [6.45, 7) is 1.30. The minimum Gasteiger partial charge on any atom is -0.427 e. The molecule has 4 rings (SSSR count). The van der Waals surface area contributed by atoms with Crippen molar-refractivity contribution in [3.8, 4) is 16.9 Å². The van der Waals surface area contributed by atoms with Crippen molar-refractivity contribution in [2.45, 2.75) is 6.92 Å². The molecule has 8 heteroatoms. The maximum atomic E-state index is 12.8. The summed E-state index contributed by atoms with van der Waals surface area (Å²) in [5.41, 5.74) is 2.62. The molecule has 0 fully saturated rings. The normalized spacial score (nSPS) is 10.7. The van der Waals surface area contributed by atoms with E-state index in [4.69, 9.17) is 39.5 Å². The van der Waals surface area contributed by atoms with Crippen LogP contribution in [0.2, 0.25) is 15.1 Å². The molecule has 0 unspecified atom stereocenters. The fraction of sp³-hybridized carbons (Fsp3) is 0.0400. The molecule has 0 spiro atoms. The molecule has 0 aromatic heterocycles. The Morgan fingerprint density at radius 2 is 1.55 bits per heavy atom. The lowest BCUT2D eigenvalue weighted by molar-refractivity contribution is -0.131. The van der Waals surface area contributed by atoms with E-state index in [0.29, 0.717) is 37.9 Å². The van der Waals surface area contributed by atoms with Gasteiger partial charge in [-0.15, -0.1) is 0 Å². The number of anilines is 2. The van der Waals surface area contributed by atoms with Gasteiger partial charge in [-0.25, -0.2) is 4.79 Å². The zero-order valence-electron chi connectivity index (χ0n) is 17.3. The topological polar surface area (TPSA) is 67.4 Å². The first-order valence-corrected chi connectivity index (χ1v) is 11.0. The minimum absolute atomic E-state index is 0.243. The predicted molar refractivity (Wildman–Crippen MR) is 135 cm³/mol. The van der Waals surface area contributed by atoms with Gasteiger partial charge >= 0.3 is 12.0 Å². The second kappa shape index (κ2) is 9.71. The van der Waals surface area contributed by atoms with Crippen molar-refractivity contribution in [3.63, 3.8) is 0 Å². The Hall–Kier alpha value is -3.25. The Balaban J connectivity index is 1.62. The lowest BCUT2D eigenvalue weighted by Crippen LogP contribution is -2.20. The number of carbonyl (C=O) groups excluding carboxylic acids is 2. The summed E-state index contributed by atoms with van der Waals surface area (Å²) in [4.78, 5) is 24.2. The molecule has 0 atom stereocenters. The van der Waals surface area contributed by atoms with Gasteiger partial charge in [0, 0.05) is 34.0 Å². The summed E-state index contributed by atoms with van der Waals surface area (Å²) in [5, 5.41) is 8.02. The molecular formula is C25H17Cl3N2O3. The SMILES string of the molecule is CC(=O)Oc1ccc2c(Cl)cc(Cl)c(NC(=O)Nc3cccc(-c4ccccc4Cl)c3)c2c1. The van der Waals surface area contributed by atoms with Crippen LogP contribution in [0.4, 0.5) is 16.2 Å². The lowest BCUT2D eigenvalue weighted by atomic mass is 10.1. The van der Waals surface area contributed by atoms with Gasteiger partial charge in [-0.3, -0.25) is 4.79 Å². The smallest absolute Gasteiger partial charge is 0.323 e. The van der Waals surface area contributed by atoms with Gasteiger partial charge in [-0.2, -0.15) is 0 Å². The summed E-state index contributed by atoms with van der Waals surface area (Å²) in [5.74, 6) is -0.155. The van der Waals surface area contributed by atoms with Gasteiger partial charge in [0.1, 0.15) is 5.75 Å². The summed E-state index contributed by atoms with van der Waals surface area (Å²) >= 11 is 19.0. The Kier molecular flexibility index (Phi) is 6.75. The summed E-state index contributed by atoms with van der Waals surface area (Å²) in [6, 6.07) is 20.7. The first kappa shape index (κ1) is 22.9. The lowest BCUT2D eigenvalue weighted by Gasteiger charge is -2.14. The van der Waals surface area contributed by atoms with Crippen LogP contribution in [-0.4, -0.2) is 12.0 Å². The minimum atomic E-state index is -0.505. The fourth-order valence-corrected chi connectivity index (χ4v) is 4.25. The highest BCUT2D eigenvalue weighted by molar-refractivity contribution is 6.41. The summed E-state index contributed by atoms with van der Waals surface area (Å²) < 4.78 is 5.16. The van der Waals surface area contributed by atoms with Crippen molar-refractivity contribution in [1.82, 2.24) is 0 Å². The largest absolute Gasteiger partial charge is 0.427 e. The molecular weight excluding hydrogens is 483 g/mol. The number of esters is 1. The van der Waals surface area contributed by atoms with E-state index < -0.39 is 12.0 Å². The maximum Gasteiger partial charge on any atom is 0.323 e. The molecule has 0 heterocycles. The average Bonchev–Trinajstić information content (AvgIpc) is 2.76. The number of carbonyl (C=O) groups is 2. The van der Waals surface area contributed by atoms with Gasteiger partial charge in [0.2, 0.25) is 0 Å². The number of hydrogen-bond donors (Lipinski definition) is 2. The number of amides is 2. The van der Waals surface area contributed by atoms with Crippen LogP contribution in [0.15, 0.2) is 72.8 Å². The van der Waals surface area contributed by atoms with Crippen molar-refractivity contribution in [2.75, 3.05) is 10.6 Å².